The Morgan fingerprint density at radius 2 is 2.11 bits per heavy atom. The van der Waals surface area contributed by atoms with Crippen LogP contribution in [0.2, 0.25) is 4.34 Å². The second-order valence-electron chi connectivity index (χ2n) is 4.23. The SMILES string of the molecule is CNC(Cc1cccc(F)c1)Cc1ccc(Cl)s1. The van der Waals surface area contributed by atoms with E-state index in [-0.39, 0.29) is 5.82 Å². The zero-order chi connectivity index (χ0) is 13.0. The van der Waals surface area contributed by atoms with Crippen molar-refractivity contribution in [1.29, 1.82) is 0 Å². The number of hydrogen-bond acceptors (Lipinski definition) is 2. The lowest BCUT2D eigenvalue weighted by molar-refractivity contribution is 0.556. The molecule has 96 valence electrons. The van der Waals surface area contributed by atoms with Crippen LogP contribution in [-0.4, -0.2) is 13.1 Å². The van der Waals surface area contributed by atoms with E-state index in [1.54, 1.807) is 23.5 Å². The van der Waals surface area contributed by atoms with Gasteiger partial charge in [-0.25, -0.2) is 4.39 Å². The number of thiophene rings is 1. The molecule has 1 nitrogen and oxygen atoms in total. The van der Waals surface area contributed by atoms with Gasteiger partial charge in [0.25, 0.3) is 0 Å². The summed E-state index contributed by atoms with van der Waals surface area (Å²) in [5.74, 6) is -0.179. The van der Waals surface area contributed by atoms with Gasteiger partial charge in [0.2, 0.25) is 0 Å². The smallest absolute Gasteiger partial charge is 0.123 e. The number of benzene rings is 1. The lowest BCUT2D eigenvalue weighted by Crippen LogP contribution is -2.29. The molecule has 0 aliphatic rings. The van der Waals surface area contributed by atoms with E-state index in [9.17, 15) is 4.39 Å². The number of hydrogen-bond donors (Lipinski definition) is 1. The maximum Gasteiger partial charge on any atom is 0.123 e. The largest absolute Gasteiger partial charge is 0.316 e. The Hall–Kier alpha value is -0.900. The van der Waals surface area contributed by atoms with Crippen molar-refractivity contribution in [1.82, 2.24) is 5.32 Å². The number of likely N-dealkylation sites (N-methyl/N-ethyl adjacent to an activating group) is 1. The van der Waals surface area contributed by atoms with Crippen LogP contribution in [0, 0.1) is 5.82 Å². The van der Waals surface area contributed by atoms with Gasteiger partial charge in [0.05, 0.1) is 4.34 Å². The van der Waals surface area contributed by atoms with E-state index < -0.39 is 0 Å². The molecule has 2 rings (SSSR count). The first-order valence-electron chi connectivity index (χ1n) is 5.83. The molecule has 2 aromatic rings. The van der Waals surface area contributed by atoms with Gasteiger partial charge in [-0.2, -0.15) is 0 Å². The summed E-state index contributed by atoms with van der Waals surface area (Å²) in [5, 5.41) is 3.27. The van der Waals surface area contributed by atoms with Crippen molar-refractivity contribution in [3.05, 3.63) is 57.0 Å². The van der Waals surface area contributed by atoms with Gasteiger partial charge in [-0.1, -0.05) is 23.7 Å². The molecule has 1 N–H and O–H groups in total. The molecule has 1 unspecified atom stereocenters. The van der Waals surface area contributed by atoms with Crippen LogP contribution in [0.15, 0.2) is 36.4 Å². The van der Waals surface area contributed by atoms with E-state index in [2.05, 4.69) is 5.32 Å². The van der Waals surface area contributed by atoms with Gasteiger partial charge in [0, 0.05) is 10.9 Å². The summed E-state index contributed by atoms with van der Waals surface area (Å²) < 4.78 is 13.9. The van der Waals surface area contributed by atoms with Crippen LogP contribution in [0.1, 0.15) is 10.4 Å². The van der Waals surface area contributed by atoms with Crippen molar-refractivity contribution in [2.45, 2.75) is 18.9 Å². The van der Waals surface area contributed by atoms with E-state index in [4.69, 9.17) is 11.6 Å². The molecule has 0 bridgehead atoms. The Morgan fingerprint density at radius 1 is 1.28 bits per heavy atom. The van der Waals surface area contributed by atoms with Crippen LogP contribution < -0.4 is 5.32 Å². The highest BCUT2D eigenvalue weighted by Crippen LogP contribution is 2.23. The molecule has 0 aliphatic heterocycles. The van der Waals surface area contributed by atoms with Crippen LogP contribution in [0.25, 0.3) is 0 Å². The predicted octanol–water partition coefficient (Wildman–Crippen LogP) is 3.91. The van der Waals surface area contributed by atoms with Crippen LogP contribution in [0.4, 0.5) is 4.39 Å². The van der Waals surface area contributed by atoms with Crippen molar-refractivity contribution in [3.63, 3.8) is 0 Å². The molecule has 1 atom stereocenters. The summed E-state index contributed by atoms with van der Waals surface area (Å²) in [6, 6.07) is 11.0. The molecule has 0 radical (unpaired) electrons. The average Bonchev–Trinajstić information content (AvgIpc) is 2.74. The summed E-state index contributed by atoms with van der Waals surface area (Å²) in [6.45, 7) is 0. The Labute approximate surface area is 116 Å². The van der Waals surface area contributed by atoms with E-state index >= 15 is 0 Å². The van der Waals surface area contributed by atoms with Crippen molar-refractivity contribution in [2.75, 3.05) is 7.05 Å². The van der Waals surface area contributed by atoms with Crippen molar-refractivity contribution >= 4 is 22.9 Å². The molecule has 0 fully saturated rings. The molecule has 1 aromatic heterocycles. The third-order valence-corrected chi connectivity index (χ3v) is 4.11. The average molecular weight is 284 g/mol. The lowest BCUT2D eigenvalue weighted by atomic mass is 10.0. The van der Waals surface area contributed by atoms with Gasteiger partial charge in [0.15, 0.2) is 0 Å². The number of rotatable bonds is 5. The first kappa shape index (κ1) is 13.5. The van der Waals surface area contributed by atoms with Gasteiger partial charge in [-0.3, -0.25) is 0 Å². The molecule has 0 amide bonds. The maximum atomic E-state index is 13.1. The van der Waals surface area contributed by atoms with Crippen molar-refractivity contribution in [2.24, 2.45) is 0 Å². The molecule has 1 aromatic carbocycles. The minimum absolute atomic E-state index is 0.179. The highest BCUT2D eigenvalue weighted by Gasteiger charge is 2.10. The maximum absolute atomic E-state index is 13.1. The summed E-state index contributed by atoms with van der Waals surface area (Å²) in [5.41, 5.74) is 1.01. The van der Waals surface area contributed by atoms with Gasteiger partial charge in [0.1, 0.15) is 5.82 Å². The molecule has 0 spiro atoms. The fraction of sp³-hybridized carbons (Fsp3) is 0.286. The van der Waals surface area contributed by atoms with Crippen molar-refractivity contribution < 1.29 is 4.39 Å². The number of halogens is 2. The third kappa shape index (κ3) is 3.80. The summed E-state index contributed by atoms with van der Waals surface area (Å²) in [6.07, 6.45) is 1.72. The van der Waals surface area contributed by atoms with Gasteiger partial charge >= 0.3 is 0 Å². The minimum atomic E-state index is -0.179. The Balaban J connectivity index is 2.01. The van der Waals surface area contributed by atoms with Gasteiger partial charge < -0.3 is 5.32 Å². The molecule has 0 saturated heterocycles. The summed E-state index contributed by atoms with van der Waals surface area (Å²) in [4.78, 5) is 1.25. The molecule has 18 heavy (non-hydrogen) atoms. The number of nitrogens with one attached hydrogen (secondary N) is 1. The first-order chi connectivity index (χ1) is 8.67. The molecular weight excluding hydrogens is 269 g/mol. The quantitative estimate of drug-likeness (QED) is 0.877. The van der Waals surface area contributed by atoms with E-state index in [1.807, 2.05) is 25.2 Å². The van der Waals surface area contributed by atoms with Gasteiger partial charge in [-0.15, -0.1) is 11.3 Å². The minimum Gasteiger partial charge on any atom is -0.316 e. The predicted molar refractivity (Wildman–Crippen MR) is 76.0 cm³/mol. The van der Waals surface area contributed by atoms with E-state index in [1.165, 1.54) is 10.9 Å². The third-order valence-electron chi connectivity index (χ3n) is 2.86. The summed E-state index contributed by atoms with van der Waals surface area (Å²) in [7, 11) is 1.93. The topological polar surface area (TPSA) is 12.0 Å². The molecule has 1 heterocycles. The zero-order valence-corrected chi connectivity index (χ0v) is 11.7. The normalized spacial score (nSPS) is 12.6. The second-order valence-corrected chi connectivity index (χ2v) is 6.03. The fourth-order valence-electron chi connectivity index (χ4n) is 1.93. The van der Waals surface area contributed by atoms with E-state index in [0.717, 1.165) is 22.7 Å². The Bertz CT molecular complexity index is 512. The lowest BCUT2D eigenvalue weighted by Gasteiger charge is -2.15. The van der Waals surface area contributed by atoms with Crippen molar-refractivity contribution in [3.8, 4) is 0 Å². The first-order valence-corrected chi connectivity index (χ1v) is 7.03. The molecular formula is C14H15ClFNS. The highest BCUT2D eigenvalue weighted by molar-refractivity contribution is 7.16. The van der Waals surface area contributed by atoms with Gasteiger partial charge in [-0.05, 0) is 49.7 Å². The van der Waals surface area contributed by atoms with Crippen LogP contribution in [0.3, 0.4) is 0 Å². The highest BCUT2D eigenvalue weighted by atomic mass is 35.5. The van der Waals surface area contributed by atoms with Crippen LogP contribution >= 0.6 is 22.9 Å². The summed E-state index contributed by atoms with van der Waals surface area (Å²) >= 11 is 7.51. The zero-order valence-electron chi connectivity index (χ0n) is 10.1. The second kappa shape index (κ2) is 6.32. The molecule has 0 aliphatic carbocycles. The molecule has 4 heteroatoms. The van der Waals surface area contributed by atoms with Crippen LogP contribution in [0.5, 0.6) is 0 Å². The van der Waals surface area contributed by atoms with E-state index in [0.29, 0.717) is 6.04 Å². The van der Waals surface area contributed by atoms with Crippen LogP contribution in [-0.2, 0) is 12.8 Å². The Kier molecular flexibility index (Phi) is 4.75. The molecule has 0 saturated carbocycles. The monoisotopic (exact) mass is 283 g/mol. The standard InChI is InChI=1S/C14H15ClFNS/c1-17-12(9-13-5-6-14(15)18-13)8-10-3-2-4-11(16)7-10/h2-7,12,17H,8-9H2,1H3. The fourth-order valence-corrected chi connectivity index (χ4v) is 3.10. The Morgan fingerprint density at radius 3 is 2.72 bits per heavy atom.